The molecule has 2 rings (SSSR count). The van der Waals surface area contributed by atoms with Gasteiger partial charge in [0.25, 0.3) is 5.69 Å². The van der Waals surface area contributed by atoms with E-state index < -0.39 is 14.8 Å². The summed E-state index contributed by atoms with van der Waals surface area (Å²) < 4.78 is 22.9. The van der Waals surface area contributed by atoms with Crippen molar-refractivity contribution >= 4 is 21.2 Å². The van der Waals surface area contributed by atoms with Crippen molar-refractivity contribution in [2.75, 3.05) is 11.7 Å². The third-order valence-corrected chi connectivity index (χ3v) is 3.97. The number of nitro benzene ring substituents is 1. The van der Waals surface area contributed by atoms with Crippen LogP contribution < -0.4 is 5.48 Å². The van der Waals surface area contributed by atoms with Crippen LogP contribution in [-0.4, -0.2) is 19.6 Å². The maximum absolute atomic E-state index is 11.4. The molecule has 8 heteroatoms. The van der Waals surface area contributed by atoms with Gasteiger partial charge in [0, 0.05) is 12.3 Å². The van der Waals surface area contributed by atoms with Crippen LogP contribution in [0.15, 0.2) is 53.4 Å². The Morgan fingerprint density at radius 1 is 1.18 bits per heavy atom. The van der Waals surface area contributed by atoms with Gasteiger partial charge < -0.3 is 0 Å². The molecule has 0 aliphatic carbocycles. The highest BCUT2D eigenvalue weighted by atomic mass is 32.2. The zero-order valence-electron chi connectivity index (χ0n) is 11.7. The molecule has 0 atom stereocenters. The fourth-order valence-corrected chi connectivity index (χ4v) is 2.39. The minimum atomic E-state index is -3.51. The van der Waals surface area contributed by atoms with Crippen molar-refractivity contribution in [3.8, 4) is 0 Å². The summed E-state index contributed by atoms with van der Waals surface area (Å²) in [5.41, 5.74) is 3.11. The first-order chi connectivity index (χ1) is 10.4. The summed E-state index contributed by atoms with van der Waals surface area (Å²) in [7, 11) is -3.51. The Hall–Kier alpha value is -2.45. The van der Waals surface area contributed by atoms with Crippen molar-refractivity contribution in [2.45, 2.75) is 11.5 Å². The van der Waals surface area contributed by atoms with Gasteiger partial charge in [0.15, 0.2) is 9.84 Å². The second kappa shape index (κ2) is 6.54. The van der Waals surface area contributed by atoms with Crippen molar-refractivity contribution in [2.24, 2.45) is 0 Å². The van der Waals surface area contributed by atoms with Gasteiger partial charge in [0.05, 0.1) is 16.4 Å². The lowest BCUT2D eigenvalue weighted by atomic mass is 10.2. The molecule has 0 aliphatic rings. The Morgan fingerprint density at radius 3 is 2.45 bits per heavy atom. The Bertz CT molecular complexity index is 775. The third-order valence-electron chi connectivity index (χ3n) is 2.86. The molecule has 0 heterocycles. The molecule has 0 amide bonds. The molecule has 0 bridgehead atoms. The summed E-state index contributed by atoms with van der Waals surface area (Å²) in [5, 5.41) is 11.0. The first-order valence-electron chi connectivity index (χ1n) is 6.28. The summed E-state index contributed by atoms with van der Waals surface area (Å²) in [4.78, 5) is 15.5. The fourth-order valence-electron chi connectivity index (χ4n) is 1.75. The molecule has 0 aliphatic heterocycles. The van der Waals surface area contributed by atoms with Gasteiger partial charge in [-0.25, -0.2) is 8.42 Å². The third kappa shape index (κ3) is 4.03. The van der Waals surface area contributed by atoms with Crippen LogP contribution in [0.2, 0.25) is 0 Å². The van der Waals surface area contributed by atoms with Gasteiger partial charge in [-0.05, 0) is 17.7 Å². The van der Waals surface area contributed by atoms with E-state index in [1.54, 1.807) is 0 Å². The summed E-state index contributed by atoms with van der Waals surface area (Å²) in [5.74, 6) is 0. The Kier molecular flexibility index (Phi) is 4.74. The lowest BCUT2D eigenvalue weighted by Crippen LogP contribution is -2.06. The van der Waals surface area contributed by atoms with Crippen molar-refractivity contribution in [1.29, 1.82) is 0 Å². The van der Waals surface area contributed by atoms with Crippen molar-refractivity contribution in [3.63, 3.8) is 0 Å². The quantitative estimate of drug-likeness (QED) is 0.648. The van der Waals surface area contributed by atoms with Crippen LogP contribution in [0.3, 0.4) is 0 Å². The Balaban J connectivity index is 2.15. The second-order valence-corrected chi connectivity index (χ2v) is 6.60. The van der Waals surface area contributed by atoms with Gasteiger partial charge in [-0.3, -0.25) is 20.4 Å². The van der Waals surface area contributed by atoms with Gasteiger partial charge >= 0.3 is 0 Å². The molecular formula is C14H14N2O5S. The minimum absolute atomic E-state index is 0.0910. The summed E-state index contributed by atoms with van der Waals surface area (Å²) in [6.45, 7) is 0.214. The smallest absolute Gasteiger partial charge is 0.271 e. The number of benzene rings is 2. The molecule has 1 N–H and O–H groups in total. The average molecular weight is 322 g/mol. The van der Waals surface area contributed by atoms with E-state index in [1.807, 2.05) is 30.3 Å². The fraction of sp³-hybridized carbons (Fsp3) is 0.143. The number of anilines is 1. The summed E-state index contributed by atoms with van der Waals surface area (Å²) in [6.07, 6.45) is 0.991. The first kappa shape index (κ1) is 15.9. The molecule has 22 heavy (non-hydrogen) atoms. The van der Waals surface area contributed by atoms with Gasteiger partial charge in [0.2, 0.25) is 0 Å². The predicted octanol–water partition coefficient (Wildman–Crippen LogP) is 2.54. The number of nitro groups is 1. The summed E-state index contributed by atoms with van der Waals surface area (Å²) >= 11 is 0. The van der Waals surface area contributed by atoms with E-state index >= 15 is 0 Å². The SMILES string of the molecule is CS(=O)(=O)c1ccc(NOCc2ccccc2)c([N+](=O)[O-])c1. The van der Waals surface area contributed by atoms with E-state index in [0.29, 0.717) is 0 Å². The van der Waals surface area contributed by atoms with E-state index in [4.69, 9.17) is 4.84 Å². The molecule has 0 saturated heterocycles. The highest BCUT2D eigenvalue weighted by Gasteiger charge is 2.18. The van der Waals surface area contributed by atoms with Gasteiger partial charge in [-0.1, -0.05) is 30.3 Å². The van der Waals surface area contributed by atoms with Gasteiger partial charge in [-0.2, -0.15) is 0 Å². The Morgan fingerprint density at radius 2 is 1.86 bits per heavy atom. The molecule has 2 aromatic carbocycles. The zero-order chi connectivity index (χ0) is 16.2. The number of sulfone groups is 1. The standard InChI is InChI=1S/C14H14N2O5S/c1-22(19,20)12-7-8-13(14(9-12)16(17)18)15-21-10-11-5-3-2-4-6-11/h2-9,15H,10H2,1H3. The van der Waals surface area contributed by atoms with Crippen LogP contribution in [0, 0.1) is 10.1 Å². The number of hydrogen-bond donors (Lipinski definition) is 1. The minimum Gasteiger partial charge on any atom is -0.271 e. The average Bonchev–Trinajstić information content (AvgIpc) is 2.47. The molecule has 0 unspecified atom stereocenters. The maximum atomic E-state index is 11.4. The van der Waals surface area contributed by atoms with E-state index in [2.05, 4.69) is 5.48 Å². The van der Waals surface area contributed by atoms with Crippen LogP contribution in [0.4, 0.5) is 11.4 Å². The van der Waals surface area contributed by atoms with Crippen molar-refractivity contribution in [3.05, 3.63) is 64.2 Å². The van der Waals surface area contributed by atoms with E-state index in [-0.39, 0.29) is 22.9 Å². The van der Waals surface area contributed by atoms with Crippen LogP contribution in [0.1, 0.15) is 5.56 Å². The summed E-state index contributed by atoms with van der Waals surface area (Å²) in [6, 6.07) is 12.9. The molecular weight excluding hydrogens is 308 g/mol. The molecule has 116 valence electrons. The van der Waals surface area contributed by atoms with E-state index in [9.17, 15) is 18.5 Å². The second-order valence-electron chi connectivity index (χ2n) is 4.58. The zero-order valence-corrected chi connectivity index (χ0v) is 12.5. The van der Waals surface area contributed by atoms with Crippen molar-refractivity contribution < 1.29 is 18.2 Å². The number of nitrogens with zero attached hydrogens (tertiary/aromatic N) is 1. The largest absolute Gasteiger partial charge is 0.295 e. The molecule has 0 spiro atoms. The van der Waals surface area contributed by atoms with Gasteiger partial charge in [-0.15, -0.1) is 0 Å². The molecule has 0 saturated carbocycles. The van der Waals surface area contributed by atoms with Gasteiger partial charge in [0.1, 0.15) is 5.69 Å². The highest BCUT2D eigenvalue weighted by Crippen LogP contribution is 2.27. The predicted molar refractivity (Wildman–Crippen MR) is 81.1 cm³/mol. The topological polar surface area (TPSA) is 98.5 Å². The number of hydrogen-bond acceptors (Lipinski definition) is 6. The number of rotatable bonds is 6. The highest BCUT2D eigenvalue weighted by molar-refractivity contribution is 7.90. The number of nitrogens with one attached hydrogen (secondary N) is 1. The first-order valence-corrected chi connectivity index (χ1v) is 8.17. The van der Waals surface area contributed by atoms with Crippen LogP contribution in [0.5, 0.6) is 0 Å². The van der Waals surface area contributed by atoms with Crippen molar-refractivity contribution in [1.82, 2.24) is 0 Å². The van der Waals surface area contributed by atoms with E-state index in [1.165, 1.54) is 12.1 Å². The monoisotopic (exact) mass is 322 g/mol. The maximum Gasteiger partial charge on any atom is 0.295 e. The molecule has 0 radical (unpaired) electrons. The lowest BCUT2D eigenvalue weighted by molar-refractivity contribution is -0.384. The van der Waals surface area contributed by atoms with E-state index in [0.717, 1.165) is 17.9 Å². The van der Waals surface area contributed by atoms with Crippen LogP contribution >= 0.6 is 0 Å². The molecule has 2 aromatic rings. The lowest BCUT2D eigenvalue weighted by Gasteiger charge is -2.08. The molecule has 0 aromatic heterocycles. The van der Waals surface area contributed by atoms with Crippen LogP contribution in [-0.2, 0) is 21.3 Å². The molecule has 7 nitrogen and oxygen atoms in total. The Labute approximate surface area is 127 Å². The normalized spacial score (nSPS) is 11.1. The van der Waals surface area contributed by atoms with Crippen LogP contribution in [0.25, 0.3) is 0 Å². The molecule has 0 fully saturated rings.